The highest BCUT2D eigenvalue weighted by atomic mass is 16.5. The van der Waals surface area contributed by atoms with E-state index >= 15 is 0 Å². The van der Waals surface area contributed by atoms with Gasteiger partial charge in [0, 0.05) is 40.8 Å². The molecule has 2 heterocycles. The summed E-state index contributed by atoms with van der Waals surface area (Å²) in [7, 11) is 5.49. The molecule has 0 aromatic carbocycles. The quantitative estimate of drug-likeness (QED) is 0.724. The van der Waals surface area contributed by atoms with Crippen LogP contribution in [0.1, 0.15) is 36.5 Å². The maximum absolute atomic E-state index is 12.7. The molecule has 1 aliphatic heterocycles. The molecule has 2 rings (SSSR count). The first-order valence-electron chi connectivity index (χ1n) is 8.90. The smallest absolute Gasteiger partial charge is 0.271 e. The van der Waals surface area contributed by atoms with Gasteiger partial charge in [-0.25, -0.2) is 0 Å². The summed E-state index contributed by atoms with van der Waals surface area (Å²) in [5.74, 6) is 1.15. The van der Waals surface area contributed by atoms with Crippen molar-refractivity contribution in [2.24, 2.45) is 18.9 Å². The van der Waals surface area contributed by atoms with Gasteiger partial charge in [0.15, 0.2) is 0 Å². The van der Waals surface area contributed by atoms with Gasteiger partial charge in [-0.1, -0.05) is 13.8 Å². The first-order valence-corrected chi connectivity index (χ1v) is 8.90. The van der Waals surface area contributed by atoms with Crippen molar-refractivity contribution in [2.45, 2.75) is 26.7 Å². The molecule has 0 unspecified atom stereocenters. The molecule has 1 aromatic rings. The molecule has 24 heavy (non-hydrogen) atoms. The van der Waals surface area contributed by atoms with Gasteiger partial charge in [0.2, 0.25) is 0 Å². The van der Waals surface area contributed by atoms with E-state index in [4.69, 9.17) is 4.74 Å². The monoisotopic (exact) mass is 336 g/mol. The predicted octanol–water partition coefficient (Wildman–Crippen LogP) is 1.66. The number of methoxy groups -OCH3 is 1. The number of rotatable bonds is 8. The summed E-state index contributed by atoms with van der Waals surface area (Å²) in [6, 6.07) is 1.94. The third-order valence-electron chi connectivity index (χ3n) is 4.63. The van der Waals surface area contributed by atoms with Crippen LogP contribution in [0.2, 0.25) is 0 Å². The highest BCUT2D eigenvalue weighted by Gasteiger charge is 2.26. The lowest BCUT2D eigenvalue weighted by molar-refractivity contribution is 0.0761. The summed E-state index contributed by atoms with van der Waals surface area (Å²) in [5.41, 5.74) is 1.68. The number of likely N-dealkylation sites (tertiary alicyclic amines) is 1. The Bertz CT molecular complexity index is 541. The average molecular weight is 336 g/mol. The van der Waals surface area contributed by atoms with Crippen molar-refractivity contribution in [1.82, 2.24) is 19.6 Å². The highest BCUT2D eigenvalue weighted by molar-refractivity contribution is 5.92. The van der Waals surface area contributed by atoms with Crippen molar-refractivity contribution in [1.29, 1.82) is 0 Å². The Morgan fingerprint density at radius 2 is 2.25 bits per heavy atom. The lowest BCUT2D eigenvalue weighted by atomic mass is 10.1. The molecule has 0 radical (unpaired) electrons. The molecule has 136 valence electrons. The molecule has 1 amide bonds. The van der Waals surface area contributed by atoms with Crippen LogP contribution in [0.4, 0.5) is 0 Å². The summed E-state index contributed by atoms with van der Waals surface area (Å²) in [4.78, 5) is 17.0. The van der Waals surface area contributed by atoms with Gasteiger partial charge >= 0.3 is 0 Å². The number of aryl methyl sites for hydroxylation is 1. The molecule has 0 bridgehead atoms. The van der Waals surface area contributed by atoms with Crippen molar-refractivity contribution in [3.63, 3.8) is 0 Å². The van der Waals surface area contributed by atoms with Crippen LogP contribution in [0.15, 0.2) is 6.07 Å². The summed E-state index contributed by atoms with van der Waals surface area (Å²) < 4.78 is 6.86. The molecule has 0 spiro atoms. The van der Waals surface area contributed by atoms with Gasteiger partial charge in [-0.05, 0) is 37.3 Å². The summed E-state index contributed by atoms with van der Waals surface area (Å²) in [6.45, 7) is 9.02. The molecule has 1 fully saturated rings. The van der Waals surface area contributed by atoms with Crippen LogP contribution in [0.25, 0.3) is 0 Å². The molecular weight excluding hydrogens is 304 g/mol. The second kappa shape index (κ2) is 8.62. The fourth-order valence-corrected chi connectivity index (χ4v) is 3.40. The van der Waals surface area contributed by atoms with Gasteiger partial charge < -0.3 is 14.5 Å². The number of hydrogen-bond donors (Lipinski definition) is 0. The second-order valence-corrected chi connectivity index (χ2v) is 7.38. The largest absolute Gasteiger partial charge is 0.383 e. The zero-order chi connectivity index (χ0) is 17.7. The number of nitrogens with zero attached hydrogens (tertiary/aromatic N) is 4. The van der Waals surface area contributed by atoms with Gasteiger partial charge in [-0.2, -0.15) is 5.10 Å². The molecule has 6 nitrogen and oxygen atoms in total. The van der Waals surface area contributed by atoms with Crippen molar-refractivity contribution in [3.8, 4) is 0 Å². The van der Waals surface area contributed by atoms with E-state index in [-0.39, 0.29) is 5.91 Å². The lowest BCUT2D eigenvalue weighted by Gasteiger charge is -2.21. The zero-order valence-corrected chi connectivity index (χ0v) is 15.8. The Labute approximate surface area is 145 Å². The predicted molar refractivity (Wildman–Crippen MR) is 95.1 cm³/mol. The molecule has 0 N–H and O–H groups in total. The van der Waals surface area contributed by atoms with Gasteiger partial charge in [-0.3, -0.25) is 9.48 Å². The summed E-state index contributed by atoms with van der Waals surface area (Å²) in [6.07, 6.45) is 2.05. The van der Waals surface area contributed by atoms with E-state index in [9.17, 15) is 4.79 Å². The Hall–Kier alpha value is -1.40. The van der Waals surface area contributed by atoms with Crippen molar-refractivity contribution < 1.29 is 9.53 Å². The van der Waals surface area contributed by atoms with E-state index < -0.39 is 0 Å². The Kier molecular flexibility index (Phi) is 6.80. The van der Waals surface area contributed by atoms with Crippen LogP contribution >= 0.6 is 0 Å². The molecule has 1 atom stereocenters. The second-order valence-electron chi connectivity index (χ2n) is 7.38. The first-order chi connectivity index (χ1) is 11.4. The van der Waals surface area contributed by atoms with Crippen LogP contribution in [0, 0.1) is 11.8 Å². The first kappa shape index (κ1) is 18.9. The van der Waals surface area contributed by atoms with Crippen LogP contribution in [-0.2, 0) is 18.2 Å². The Morgan fingerprint density at radius 3 is 2.92 bits per heavy atom. The standard InChI is InChI=1S/C18H32N4O2/c1-14(2)10-16-11-17(21(4)19-16)18(23)20(3)12-15-6-7-22(13-15)8-9-24-5/h11,14-15H,6-10,12-13H2,1-5H3/t15-/m0/s1. The zero-order valence-electron chi connectivity index (χ0n) is 15.8. The molecule has 1 aliphatic rings. The number of carbonyl (C=O) groups is 1. The maximum atomic E-state index is 12.7. The topological polar surface area (TPSA) is 50.6 Å². The van der Waals surface area contributed by atoms with E-state index in [1.54, 1.807) is 11.8 Å². The fourth-order valence-electron chi connectivity index (χ4n) is 3.40. The number of ether oxygens (including phenoxy) is 1. The van der Waals surface area contributed by atoms with Crippen LogP contribution in [0.5, 0.6) is 0 Å². The maximum Gasteiger partial charge on any atom is 0.271 e. The summed E-state index contributed by atoms with van der Waals surface area (Å²) >= 11 is 0. The number of hydrogen-bond acceptors (Lipinski definition) is 4. The molecule has 0 saturated carbocycles. The SMILES string of the molecule is COCCN1CC[C@@H](CN(C)C(=O)c2cc(CC(C)C)nn2C)C1. The van der Waals surface area contributed by atoms with Gasteiger partial charge in [0.25, 0.3) is 5.91 Å². The van der Waals surface area contributed by atoms with Crippen molar-refractivity contribution >= 4 is 5.91 Å². The van der Waals surface area contributed by atoms with E-state index in [0.29, 0.717) is 17.5 Å². The van der Waals surface area contributed by atoms with Gasteiger partial charge in [-0.15, -0.1) is 0 Å². The molecule has 0 aliphatic carbocycles. The normalized spacial score (nSPS) is 18.5. The van der Waals surface area contributed by atoms with Crippen LogP contribution in [-0.4, -0.2) is 72.4 Å². The van der Waals surface area contributed by atoms with Gasteiger partial charge in [0.05, 0.1) is 12.3 Å². The van der Waals surface area contributed by atoms with E-state index in [2.05, 4.69) is 23.8 Å². The van der Waals surface area contributed by atoms with Crippen LogP contribution < -0.4 is 0 Å². The Morgan fingerprint density at radius 1 is 1.50 bits per heavy atom. The third-order valence-corrected chi connectivity index (χ3v) is 4.63. The van der Waals surface area contributed by atoms with E-state index in [1.165, 1.54) is 0 Å². The molecular formula is C18H32N4O2. The number of amides is 1. The minimum Gasteiger partial charge on any atom is -0.383 e. The summed E-state index contributed by atoms with van der Waals surface area (Å²) in [5, 5.41) is 4.48. The molecule has 1 saturated heterocycles. The molecule has 6 heteroatoms. The van der Waals surface area contributed by atoms with Crippen molar-refractivity contribution in [2.75, 3.05) is 46.9 Å². The average Bonchev–Trinajstić information content (AvgIpc) is 3.10. The minimum atomic E-state index is 0.0651. The third kappa shape index (κ3) is 5.05. The number of aromatic nitrogens is 2. The fraction of sp³-hybridized carbons (Fsp3) is 0.778. The lowest BCUT2D eigenvalue weighted by Crippen LogP contribution is -2.34. The minimum absolute atomic E-state index is 0.0651. The highest BCUT2D eigenvalue weighted by Crippen LogP contribution is 2.18. The van der Waals surface area contributed by atoms with E-state index in [1.807, 2.05) is 25.1 Å². The van der Waals surface area contributed by atoms with Gasteiger partial charge in [0.1, 0.15) is 5.69 Å². The van der Waals surface area contributed by atoms with Crippen LogP contribution in [0.3, 0.4) is 0 Å². The van der Waals surface area contributed by atoms with Crippen molar-refractivity contribution in [3.05, 3.63) is 17.5 Å². The van der Waals surface area contributed by atoms with E-state index in [0.717, 1.165) is 51.3 Å². The Balaban J connectivity index is 1.89. The number of carbonyl (C=O) groups excluding carboxylic acids is 1. The molecule has 1 aromatic heterocycles.